The summed E-state index contributed by atoms with van der Waals surface area (Å²) >= 11 is 0. The van der Waals surface area contributed by atoms with Gasteiger partial charge < -0.3 is 10.1 Å². The van der Waals surface area contributed by atoms with Gasteiger partial charge in [0.05, 0.1) is 6.61 Å². The van der Waals surface area contributed by atoms with Gasteiger partial charge in [-0.05, 0) is 30.9 Å². The van der Waals surface area contributed by atoms with Crippen LogP contribution in [-0.4, -0.2) is 22.6 Å². The fourth-order valence-corrected chi connectivity index (χ4v) is 2.52. The van der Waals surface area contributed by atoms with Gasteiger partial charge in [0.25, 0.3) is 0 Å². The number of rotatable bonds is 4. The van der Waals surface area contributed by atoms with Crippen LogP contribution >= 0.6 is 0 Å². The maximum atomic E-state index is 5.38. The minimum atomic E-state index is 0.404. The Hall–Kier alpha value is -2.10. The number of nitrogens with one attached hydrogen (secondary N) is 1. The van der Waals surface area contributed by atoms with Crippen LogP contribution in [0, 0.1) is 0 Å². The van der Waals surface area contributed by atoms with Crippen molar-refractivity contribution in [3.05, 3.63) is 47.8 Å². The van der Waals surface area contributed by atoms with Gasteiger partial charge in [0.1, 0.15) is 12.1 Å². The first-order chi connectivity index (χ1) is 9.35. The number of fused-ring (bicyclic) bond motifs is 1. The van der Waals surface area contributed by atoms with Crippen molar-refractivity contribution in [2.45, 2.75) is 25.8 Å². The summed E-state index contributed by atoms with van der Waals surface area (Å²) < 4.78 is 5.38. The molecule has 0 amide bonds. The second-order valence-corrected chi connectivity index (χ2v) is 4.69. The third kappa shape index (κ3) is 2.67. The molecule has 1 aromatic carbocycles. The van der Waals surface area contributed by atoms with Crippen molar-refractivity contribution in [3.63, 3.8) is 0 Å². The molecular formula is C15H17N3O. The van der Waals surface area contributed by atoms with Crippen molar-refractivity contribution in [2.75, 3.05) is 11.9 Å². The topological polar surface area (TPSA) is 47.0 Å². The summed E-state index contributed by atoms with van der Waals surface area (Å²) in [4.78, 5) is 8.32. The van der Waals surface area contributed by atoms with E-state index >= 15 is 0 Å². The highest BCUT2D eigenvalue weighted by Crippen LogP contribution is 2.24. The van der Waals surface area contributed by atoms with E-state index in [0.29, 0.717) is 18.5 Å². The number of benzene rings is 1. The fraction of sp³-hybridized carbons (Fsp3) is 0.333. The van der Waals surface area contributed by atoms with Crippen LogP contribution in [0.3, 0.4) is 0 Å². The molecule has 2 aromatic rings. The van der Waals surface area contributed by atoms with E-state index in [2.05, 4.69) is 39.6 Å². The van der Waals surface area contributed by atoms with E-state index in [0.717, 1.165) is 18.7 Å². The van der Waals surface area contributed by atoms with Gasteiger partial charge >= 0.3 is 0 Å². The van der Waals surface area contributed by atoms with Crippen molar-refractivity contribution in [2.24, 2.45) is 0 Å². The van der Waals surface area contributed by atoms with E-state index in [-0.39, 0.29) is 0 Å². The van der Waals surface area contributed by atoms with Gasteiger partial charge in [-0.2, -0.15) is 0 Å². The highest BCUT2D eigenvalue weighted by Gasteiger charge is 2.20. The highest BCUT2D eigenvalue weighted by molar-refractivity contribution is 5.42. The van der Waals surface area contributed by atoms with Crippen molar-refractivity contribution in [3.8, 4) is 5.88 Å². The summed E-state index contributed by atoms with van der Waals surface area (Å²) in [6, 6.07) is 10.8. The maximum absolute atomic E-state index is 5.38. The second kappa shape index (κ2) is 5.26. The Morgan fingerprint density at radius 1 is 1.21 bits per heavy atom. The first-order valence-electron chi connectivity index (χ1n) is 6.63. The van der Waals surface area contributed by atoms with Gasteiger partial charge in [0.2, 0.25) is 5.88 Å². The summed E-state index contributed by atoms with van der Waals surface area (Å²) in [5.41, 5.74) is 2.86. The summed E-state index contributed by atoms with van der Waals surface area (Å²) in [6.45, 7) is 2.56. The molecule has 0 radical (unpaired) electrons. The Kier molecular flexibility index (Phi) is 3.31. The molecule has 0 atom stereocenters. The first kappa shape index (κ1) is 12.0. The van der Waals surface area contributed by atoms with Crippen LogP contribution in [0.25, 0.3) is 0 Å². The van der Waals surface area contributed by atoms with Crippen LogP contribution in [0.2, 0.25) is 0 Å². The van der Waals surface area contributed by atoms with Crippen LogP contribution in [0.1, 0.15) is 18.1 Å². The number of anilines is 1. The zero-order valence-electron chi connectivity index (χ0n) is 11.0. The summed E-state index contributed by atoms with van der Waals surface area (Å²) in [5.74, 6) is 1.45. The van der Waals surface area contributed by atoms with Crippen LogP contribution < -0.4 is 10.1 Å². The highest BCUT2D eigenvalue weighted by atomic mass is 16.5. The van der Waals surface area contributed by atoms with Crippen LogP contribution in [0.15, 0.2) is 36.7 Å². The van der Waals surface area contributed by atoms with E-state index in [1.807, 2.05) is 13.0 Å². The predicted octanol–water partition coefficient (Wildman–Crippen LogP) is 2.45. The quantitative estimate of drug-likeness (QED) is 0.911. The molecule has 1 N–H and O–H groups in total. The normalized spacial score (nSPS) is 14.2. The van der Waals surface area contributed by atoms with E-state index in [9.17, 15) is 0 Å². The Morgan fingerprint density at radius 2 is 1.95 bits per heavy atom. The molecule has 1 heterocycles. The van der Waals surface area contributed by atoms with Gasteiger partial charge in [-0.25, -0.2) is 9.97 Å². The average molecular weight is 255 g/mol. The van der Waals surface area contributed by atoms with Crippen molar-refractivity contribution in [1.82, 2.24) is 9.97 Å². The summed E-state index contributed by atoms with van der Waals surface area (Å²) in [6.07, 6.45) is 3.63. The largest absolute Gasteiger partial charge is 0.478 e. The lowest BCUT2D eigenvalue weighted by Crippen LogP contribution is -2.20. The van der Waals surface area contributed by atoms with Gasteiger partial charge in [-0.1, -0.05) is 24.3 Å². The number of ether oxygens (including phenoxy) is 1. The zero-order chi connectivity index (χ0) is 13.1. The smallest absolute Gasteiger partial charge is 0.218 e. The van der Waals surface area contributed by atoms with Gasteiger partial charge in [-0.3, -0.25) is 0 Å². The molecule has 1 aliphatic carbocycles. The molecule has 0 fully saturated rings. The molecule has 1 aromatic heterocycles. The SMILES string of the molecule is CCOc1cc(NC2Cc3ccccc3C2)ncn1. The number of hydrogen-bond donors (Lipinski definition) is 1. The standard InChI is InChI=1S/C15H17N3O/c1-2-19-15-9-14(16-10-17-15)18-13-7-11-5-3-4-6-12(11)8-13/h3-6,9-10,13H,2,7-8H2,1H3,(H,16,17,18). The lowest BCUT2D eigenvalue weighted by Gasteiger charge is -2.13. The van der Waals surface area contributed by atoms with Crippen molar-refractivity contribution >= 4 is 5.82 Å². The molecule has 1 aliphatic rings. The lowest BCUT2D eigenvalue weighted by atomic mass is 10.1. The Labute approximate surface area is 112 Å². The third-order valence-corrected chi connectivity index (χ3v) is 3.34. The fourth-order valence-electron chi connectivity index (χ4n) is 2.52. The average Bonchev–Trinajstić information content (AvgIpc) is 2.81. The number of aromatic nitrogens is 2. The molecule has 4 heteroatoms. The minimum Gasteiger partial charge on any atom is -0.478 e. The van der Waals surface area contributed by atoms with E-state index in [1.54, 1.807) is 0 Å². The minimum absolute atomic E-state index is 0.404. The van der Waals surface area contributed by atoms with Crippen LogP contribution in [-0.2, 0) is 12.8 Å². The maximum Gasteiger partial charge on any atom is 0.218 e. The van der Waals surface area contributed by atoms with Gasteiger partial charge in [0, 0.05) is 12.1 Å². The zero-order valence-corrected chi connectivity index (χ0v) is 11.0. The summed E-state index contributed by atoms with van der Waals surface area (Å²) in [5, 5.41) is 3.46. The molecular weight excluding hydrogens is 238 g/mol. The predicted molar refractivity (Wildman–Crippen MR) is 74.5 cm³/mol. The van der Waals surface area contributed by atoms with Crippen LogP contribution in [0.5, 0.6) is 5.88 Å². The number of hydrogen-bond acceptors (Lipinski definition) is 4. The Bertz CT molecular complexity index is 546. The van der Waals surface area contributed by atoms with E-state index < -0.39 is 0 Å². The van der Waals surface area contributed by atoms with Gasteiger partial charge in [-0.15, -0.1) is 0 Å². The molecule has 0 saturated heterocycles. The molecule has 19 heavy (non-hydrogen) atoms. The molecule has 0 saturated carbocycles. The molecule has 0 bridgehead atoms. The van der Waals surface area contributed by atoms with Gasteiger partial charge in [0.15, 0.2) is 0 Å². The van der Waals surface area contributed by atoms with Crippen molar-refractivity contribution in [1.29, 1.82) is 0 Å². The Morgan fingerprint density at radius 3 is 2.63 bits per heavy atom. The first-order valence-corrected chi connectivity index (χ1v) is 6.63. The Balaban J connectivity index is 1.69. The summed E-state index contributed by atoms with van der Waals surface area (Å²) in [7, 11) is 0. The lowest BCUT2D eigenvalue weighted by molar-refractivity contribution is 0.326. The molecule has 0 aliphatic heterocycles. The van der Waals surface area contributed by atoms with Crippen LogP contribution in [0.4, 0.5) is 5.82 Å². The monoisotopic (exact) mass is 255 g/mol. The van der Waals surface area contributed by atoms with E-state index in [4.69, 9.17) is 4.74 Å². The number of nitrogens with zero attached hydrogens (tertiary/aromatic N) is 2. The second-order valence-electron chi connectivity index (χ2n) is 4.69. The third-order valence-electron chi connectivity index (χ3n) is 3.34. The molecule has 98 valence electrons. The van der Waals surface area contributed by atoms with Crippen molar-refractivity contribution < 1.29 is 4.74 Å². The molecule has 3 rings (SSSR count). The van der Waals surface area contributed by atoms with E-state index in [1.165, 1.54) is 17.5 Å². The molecule has 4 nitrogen and oxygen atoms in total. The molecule has 0 spiro atoms. The molecule has 0 unspecified atom stereocenters.